The second kappa shape index (κ2) is 8.88. The number of anilines is 1. The lowest BCUT2D eigenvalue weighted by Gasteiger charge is -2.47. The summed E-state index contributed by atoms with van der Waals surface area (Å²) in [4.78, 5) is 2.43. The van der Waals surface area contributed by atoms with Crippen LogP contribution in [-0.4, -0.2) is 50.8 Å². The highest BCUT2D eigenvalue weighted by atomic mass is 32.2. The molecule has 0 amide bonds. The standard InChI is InChI=1S/C22H27N3O5S/c1-17-2-4-18(5-3-17)22(14-21-15-29-16-30-21,25-12-10-23-11-13-25)19-6-8-20(9-7-19)24-31(26,27)28/h2-9,15,23-24H,10-14,16H2,1H3,(H,26,27,28). The summed E-state index contributed by atoms with van der Waals surface area (Å²) in [7, 11) is -4.34. The lowest BCUT2D eigenvalue weighted by atomic mass is 9.77. The molecule has 2 aliphatic heterocycles. The number of hydrogen-bond donors (Lipinski definition) is 3. The van der Waals surface area contributed by atoms with Crippen LogP contribution in [0.1, 0.15) is 23.1 Å². The Morgan fingerprint density at radius 1 is 1.06 bits per heavy atom. The van der Waals surface area contributed by atoms with E-state index < -0.39 is 15.8 Å². The van der Waals surface area contributed by atoms with Crippen LogP contribution in [0, 0.1) is 6.92 Å². The van der Waals surface area contributed by atoms with Crippen molar-refractivity contribution in [2.45, 2.75) is 18.9 Å². The van der Waals surface area contributed by atoms with E-state index in [0.29, 0.717) is 12.1 Å². The van der Waals surface area contributed by atoms with E-state index >= 15 is 0 Å². The largest absolute Gasteiger partial charge is 0.462 e. The normalized spacial score (nSPS) is 19.1. The van der Waals surface area contributed by atoms with Crippen LogP contribution >= 0.6 is 0 Å². The Morgan fingerprint density at radius 2 is 1.68 bits per heavy atom. The first-order valence-corrected chi connectivity index (χ1v) is 11.6. The van der Waals surface area contributed by atoms with Gasteiger partial charge in [0.25, 0.3) is 0 Å². The molecule has 0 spiro atoms. The zero-order valence-corrected chi connectivity index (χ0v) is 18.2. The molecule has 4 rings (SSSR count). The monoisotopic (exact) mass is 445 g/mol. The molecule has 2 aliphatic rings. The molecule has 1 saturated heterocycles. The van der Waals surface area contributed by atoms with Crippen molar-refractivity contribution in [3.05, 3.63) is 77.2 Å². The minimum atomic E-state index is -4.34. The number of nitrogens with zero attached hydrogens (tertiary/aromatic N) is 1. The van der Waals surface area contributed by atoms with Crippen LogP contribution in [0.2, 0.25) is 0 Å². The van der Waals surface area contributed by atoms with E-state index in [9.17, 15) is 8.42 Å². The van der Waals surface area contributed by atoms with Gasteiger partial charge in [0.15, 0.2) is 0 Å². The second-order valence-electron chi connectivity index (χ2n) is 7.81. The molecule has 31 heavy (non-hydrogen) atoms. The lowest BCUT2D eigenvalue weighted by molar-refractivity contribution is 0.0548. The summed E-state index contributed by atoms with van der Waals surface area (Å²) < 4.78 is 44.7. The van der Waals surface area contributed by atoms with Crippen molar-refractivity contribution in [2.75, 3.05) is 37.7 Å². The van der Waals surface area contributed by atoms with Crippen molar-refractivity contribution in [3.8, 4) is 0 Å². The van der Waals surface area contributed by atoms with Gasteiger partial charge in [0, 0.05) is 32.6 Å². The summed E-state index contributed by atoms with van der Waals surface area (Å²) >= 11 is 0. The topological polar surface area (TPSA) is 100 Å². The van der Waals surface area contributed by atoms with Crippen molar-refractivity contribution < 1.29 is 22.4 Å². The Hall–Kier alpha value is -2.59. The SMILES string of the molecule is Cc1ccc(C(CC2=COCO2)(c2ccc(NS(=O)(=O)O)cc2)N2CCNCC2)cc1. The molecule has 2 heterocycles. The van der Waals surface area contributed by atoms with E-state index in [1.807, 2.05) is 12.1 Å². The van der Waals surface area contributed by atoms with Gasteiger partial charge in [-0.1, -0.05) is 42.0 Å². The third-order valence-corrected chi connectivity index (χ3v) is 6.25. The van der Waals surface area contributed by atoms with Crippen molar-refractivity contribution >= 4 is 16.0 Å². The smallest absolute Gasteiger partial charge is 0.357 e. The summed E-state index contributed by atoms with van der Waals surface area (Å²) in [5, 5.41) is 3.41. The van der Waals surface area contributed by atoms with Crippen molar-refractivity contribution in [3.63, 3.8) is 0 Å². The zero-order chi connectivity index (χ0) is 21.9. The molecule has 0 radical (unpaired) electrons. The first-order chi connectivity index (χ1) is 14.9. The molecular formula is C22H27N3O5S. The molecule has 0 saturated carbocycles. The van der Waals surface area contributed by atoms with E-state index in [4.69, 9.17) is 14.0 Å². The van der Waals surface area contributed by atoms with Gasteiger partial charge < -0.3 is 14.8 Å². The fraction of sp³-hybridized carbons (Fsp3) is 0.364. The fourth-order valence-corrected chi connectivity index (χ4v) is 4.74. The van der Waals surface area contributed by atoms with Crippen LogP contribution in [0.3, 0.4) is 0 Å². The molecule has 8 nitrogen and oxygen atoms in total. The van der Waals surface area contributed by atoms with E-state index in [0.717, 1.165) is 43.1 Å². The molecule has 0 bridgehead atoms. The predicted molar refractivity (Wildman–Crippen MR) is 118 cm³/mol. The van der Waals surface area contributed by atoms with Gasteiger partial charge in [-0.05, 0) is 30.2 Å². The number of hydrogen-bond acceptors (Lipinski definition) is 6. The molecular weight excluding hydrogens is 418 g/mol. The minimum Gasteiger partial charge on any atom is -0.462 e. The van der Waals surface area contributed by atoms with Crippen LogP contribution in [0.4, 0.5) is 5.69 Å². The Morgan fingerprint density at radius 3 is 2.23 bits per heavy atom. The fourth-order valence-electron chi connectivity index (χ4n) is 4.30. The highest BCUT2D eigenvalue weighted by molar-refractivity contribution is 7.87. The number of aryl methyl sites for hydroxylation is 1. The third-order valence-electron chi connectivity index (χ3n) is 5.75. The maximum Gasteiger partial charge on any atom is 0.357 e. The van der Waals surface area contributed by atoms with Gasteiger partial charge in [-0.25, -0.2) is 0 Å². The van der Waals surface area contributed by atoms with E-state index in [-0.39, 0.29) is 6.79 Å². The van der Waals surface area contributed by atoms with E-state index in [1.165, 1.54) is 5.56 Å². The zero-order valence-electron chi connectivity index (χ0n) is 17.4. The highest BCUT2D eigenvalue weighted by Gasteiger charge is 2.42. The molecule has 9 heteroatoms. The van der Waals surface area contributed by atoms with Crippen LogP contribution in [-0.2, 0) is 25.3 Å². The van der Waals surface area contributed by atoms with Crippen LogP contribution in [0.15, 0.2) is 60.6 Å². The molecule has 3 N–H and O–H groups in total. The average Bonchev–Trinajstić information content (AvgIpc) is 3.26. The Kier molecular flexibility index (Phi) is 6.19. The van der Waals surface area contributed by atoms with Crippen LogP contribution in [0.25, 0.3) is 0 Å². The number of rotatable bonds is 7. The predicted octanol–water partition coefficient (Wildman–Crippen LogP) is 2.59. The molecule has 0 aromatic heterocycles. The van der Waals surface area contributed by atoms with Gasteiger partial charge in [0.05, 0.1) is 11.2 Å². The van der Waals surface area contributed by atoms with Gasteiger partial charge in [-0.15, -0.1) is 0 Å². The Bertz CT molecular complexity index is 1030. The molecule has 2 aromatic carbocycles. The summed E-state index contributed by atoms with van der Waals surface area (Å²) in [6.45, 7) is 5.68. The van der Waals surface area contributed by atoms with Crippen molar-refractivity contribution in [2.24, 2.45) is 0 Å². The maximum atomic E-state index is 11.2. The van der Waals surface area contributed by atoms with E-state index in [1.54, 1.807) is 18.4 Å². The van der Waals surface area contributed by atoms with Gasteiger partial charge in [0.1, 0.15) is 12.0 Å². The number of nitrogens with one attached hydrogen (secondary N) is 2. The molecule has 1 atom stereocenters. The highest BCUT2D eigenvalue weighted by Crippen LogP contribution is 2.43. The summed E-state index contributed by atoms with van der Waals surface area (Å²) in [6, 6.07) is 15.6. The molecule has 166 valence electrons. The Balaban J connectivity index is 1.84. The van der Waals surface area contributed by atoms with E-state index in [2.05, 4.69) is 46.1 Å². The van der Waals surface area contributed by atoms with Gasteiger partial charge in [-0.3, -0.25) is 14.2 Å². The quantitative estimate of drug-likeness (QED) is 0.563. The maximum absolute atomic E-state index is 11.2. The van der Waals surface area contributed by atoms with Gasteiger partial charge >= 0.3 is 10.3 Å². The average molecular weight is 446 g/mol. The van der Waals surface area contributed by atoms with Crippen LogP contribution < -0.4 is 10.0 Å². The third kappa shape index (κ3) is 4.85. The number of ether oxygens (including phenoxy) is 2. The molecule has 1 unspecified atom stereocenters. The number of benzene rings is 2. The first kappa shape index (κ1) is 21.6. The molecule has 1 fully saturated rings. The van der Waals surface area contributed by atoms with Crippen LogP contribution in [0.5, 0.6) is 0 Å². The summed E-state index contributed by atoms with van der Waals surface area (Å²) in [6.07, 6.45) is 2.24. The van der Waals surface area contributed by atoms with Crippen molar-refractivity contribution in [1.82, 2.24) is 10.2 Å². The molecule has 2 aromatic rings. The molecule has 0 aliphatic carbocycles. The Labute approximate surface area is 182 Å². The van der Waals surface area contributed by atoms with Crippen molar-refractivity contribution in [1.29, 1.82) is 0 Å². The minimum absolute atomic E-state index is 0.206. The summed E-state index contributed by atoms with van der Waals surface area (Å²) in [5.74, 6) is 0.763. The van der Waals surface area contributed by atoms with Gasteiger partial charge in [0.2, 0.25) is 6.79 Å². The first-order valence-electron chi connectivity index (χ1n) is 10.2. The summed E-state index contributed by atoms with van der Waals surface area (Å²) in [5.41, 5.74) is 3.04. The second-order valence-corrected chi connectivity index (χ2v) is 8.96. The number of piperazine rings is 1. The lowest BCUT2D eigenvalue weighted by Crippen LogP contribution is -2.55. The van der Waals surface area contributed by atoms with Gasteiger partial charge in [-0.2, -0.15) is 8.42 Å².